The van der Waals surface area contributed by atoms with Gasteiger partial charge in [-0.05, 0) is 61.6 Å². The smallest absolute Gasteiger partial charge is 0.142 e. The second kappa shape index (κ2) is 7.60. The van der Waals surface area contributed by atoms with E-state index in [2.05, 4.69) is 6.92 Å². The first-order valence-corrected chi connectivity index (χ1v) is 8.61. The Morgan fingerprint density at radius 3 is 2.67 bits per heavy atom. The summed E-state index contributed by atoms with van der Waals surface area (Å²) in [6, 6.07) is 5.10. The quantitative estimate of drug-likeness (QED) is 0.753. The number of benzene rings is 1. The molecular weight excluding hydrogens is 285 g/mol. The van der Waals surface area contributed by atoms with Crippen molar-refractivity contribution >= 4 is 11.6 Å². The van der Waals surface area contributed by atoms with Gasteiger partial charge in [0.15, 0.2) is 0 Å². The van der Waals surface area contributed by atoms with Crippen molar-refractivity contribution < 1.29 is 4.39 Å². The molecule has 1 fully saturated rings. The molecule has 0 saturated heterocycles. The predicted octanol–water partition coefficient (Wildman–Crippen LogP) is 5.35. The average Bonchev–Trinajstić information content (AvgIpc) is 2.51. The van der Waals surface area contributed by atoms with E-state index >= 15 is 0 Å². The van der Waals surface area contributed by atoms with Crippen LogP contribution >= 0.6 is 11.6 Å². The summed E-state index contributed by atoms with van der Waals surface area (Å²) < 4.78 is 13.6. The first-order valence-electron chi connectivity index (χ1n) is 8.23. The molecule has 0 atom stereocenters. The van der Waals surface area contributed by atoms with Crippen molar-refractivity contribution in [2.24, 2.45) is 17.1 Å². The topological polar surface area (TPSA) is 26.0 Å². The molecule has 0 aromatic heterocycles. The molecule has 1 saturated carbocycles. The fraction of sp³-hybridized carbons (Fsp3) is 0.667. The number of rotatable bonds is 6. The average molecular weight is 312 g/mol. The maximum absolute atomic E-state index is 13.6. The molecule has 0 spiro atoms. The van der Waals surface area contributed by atoms with Crippen molar-refractivity contribution in [3.8, 4) is 0 Å². The van der Waals surface area contributed by atoms with Crippen LogP contribution in [0.2, 0.25) is 5.02 Å². The van der Waals surface area contributed by atoms with Gasteiger partial charge in [-0.15, -0.1) is 0 Å². The maximum atomic E-state index is 13.6. The van der Waals surface area contributed by atoms with Gasteiger partial charge < -0.3 is 5.73 Å². The molecule has 0 bridgehead atoms. The molecule has 2 N–H and O–H groups in total. The Kier molecular flexibility index (Phi) is 6.07. The van der Waals surface area contributed by atoms with Gasteiger partial charge in [-0.25, -0.2) is 4.39 Å². The fourth-order valence-corrected chi connectivity index (χ4v) is 3.81. The van der Waals surface area contributed by atoms with Gasteiger partial charge in [-0.2, -0.15) is 0 Å². The lowest BCUT2D eigenvalue weighted by atomic mass is 9.66. The molecule has 0 radical (unpaired) electrons. The Morgan fingerprint density at radius 2 is 2.05 bits per heavy atom. The van der Waals surface area contributed by atoms with Gasteiger partial charge in [0.05, 0.1) is 5.02 Å². The normalized spacial score (nSPS) is 26.0. The number of unbranched alkanes of at least 4 members (excludes halogenated alkanes) is 1. The van der Waals surface area contributed by atoms with Gasteiger partial charge in [0.25, 0.3) is 0 Å². The summed E-state index contributed by atoms with van der Waals surface area (Å²) in [6.45, 7) is 2.92. The van der Waals surface area contributed by atoms with Crippen LogP contribution in [0.15, 0.2) is 18.2 Å². The first kappa shape index (κ1) is 16.8. The highest BCUT2D eigenvalue weighted by Gasteiger charge is 2.34. The van der Waals surface area contributed by atoms with Gasteiger partial charge in [0.2, 0.25) is 0 Å². The summed E-state index contributed by atoms with van der Waals surface area (Å²) in [5.74, 6) is 0.533. The standard InChI is InChI=1S/C18H27ClFN/c1-2-3-5-14-8-10-18(13-21,11-9-14)12-15-6-4-7-16(20)17(15)19/h4,6-7,14H,2-3,5,8-13,21H2,1H3. The van der Waals surface area contributed by atoms with E-state index in [9.17, 15) is 4.39 Å². The maximum Gasteiger partial charge on any atom is 0.142 e. The van der Waals surface area contributed by atoms with E-state index in [1.807, 2.05) is 6.07 Å². The van der Waals surface area contributed by atoms with Crippen LogP contribution in [0.5, 0.6) is 0 Å². The van der Waals surface area contributed by atoms with E-state index in [0.717, 1.165) is 30.7 Å². The molecule has 0 unspecified atom stereocenters. The first-order chi connectivity index (χ1) is 10.1. The third-order valence-electron chi connectivity index (χ3n) is 5.16. The number of hydrogen-bond donors (Lipinski definition) is 1. The van der Waals surface area contributed by atoms with Crippen molar-refractivity contribution in [2.75, 3.05) is 6.54 Å². The zero-order chi connectivity index (χ0) is 15.3. The monoisotopic (exact) mass is 311 g/mol. The van der Waals surface area contributed by atoms with Crippen LogP contribution in [0.1, 0.15) is 57.4 Å². The van der Waals surface area contributed by atoms with Crippen LogP contribution in [0.25, 0.3) is 0 Å². The number of halogens is 2. The van der Waals surface area contributed by atoms with Crippen molar-refractivity contribution in [1.29, 1.82) is 0 Å². The van der Waals surface area contributed by atoms with Crippen molar-refractivity contribution in [3.63, 3.8) is 0 Å². The molecule has 2 rings (SSSR count). The van der Waals surface area contributed by atoms with E-state index in [1.54, 1.807) is 6.07 Å². The van der Waals surface area contributed by atoms with Gasteiger partial charge in [-0.1, -0.05) is 49.9 Å². The van der Waals surface area contributed by atoms with Crippen molar-refractivity contribution in [2.45, 2.75) is 58.3 Å². The summed E-state index contributed by atoms with van der Waals surface area (Å²) in [5, 5.41) is 0.276. The SMILES string of the molecule is CCCCC1CCC(CN)(Cc2cccc(F)c2Cl)CC1. The Balaban J connectivity index is 2.01. The minimum Gasteiger partial charge on any atom is -0.330 e. The summed E-state index contributed by atoms with van der Waals surface area (Å²) >= 11 is 6.11. The number of hydrogen-bond acceptors (Lipinski definition) is 1. The van der Waals surface area contributed by atoms with Gasteiger partial charge in [0.1, 0.15) is 5.82 Å². The van der Waals surface area contributed by atoms with Crippen LogP contribution in [-0.4, -0.2) is 6.54 Å². The molecular formula is C18H27ClFN. The van der Waals surface area contributed by atoms with E-state index in [-0.39, 0.29) is 16.3 Å². The van der Waals surface area contributed by atoms with Crippen molar-refractivity contribution in [1.82, 2.24) is 0 Å². The van der Waals surface area contributed by atoms with Crippen LogP contribution < -0.4 is 5.73 Å². The Labute approximate surface area is 133 Å². The lowest BCUT2D eigenvalue weighted by Gasteiger charge is -2.40. The molecule has 1 aromatic carbocycles. The molecule has 0 heterocycles. The highest BCUT2D eigenvalue weighted by atomic mass is 35.5. The third kappa shape index (κ3) is 4.20. The zero-order valence-electron chi connectivity index (χ0n) is 13.0. The largest absolute Gasteiger partial charge is 0.330 e. The molecule has 3 heteroatoms. The number of nitrogens with two attached hydrogens (primary N) is 1. The third-order valence-corrected chi connectivity index (χ3v) is 5.59. The van der Waals surface area contributed by atoms with Gasteiger partial charge in [0, 0.05) is 0 Å². The minimum absolute atomic E-state index is 0.111. The molecule has 1 nitrogen and oxygen atoms in total. The summed E-state index contributed by atoms with van der Waals surface area (Å²) in [6.07, 6.45) is 9.55. The Bertz CT molecular complexity index is 453. The van der Waals surface area contributed by atoms with Gasteiger partial charge >= 0.3 is 0 Å². The Morgan fingerprint density at radius 1 is 1.33 bits per heavy atom. The molecule has 1 aliphatic rings. The second-order valence-corrected chi connectivity index (χ2v) is 7.06. The highest BCUT2D eigenvalue weighted by Crippen LogP contribution is 2.43. The lowest BCUT2D eigenvalue weighted by molar-refractivity contribution is 0.150. The summed E-state index contributed by atoms with van der Waals surface area (Å²) in [5.41, 5.74) is 7.11. The lowest BCUT2D eigenvalue weighted by Crippen LogP contribution is -2.37. The molecule has 21 heavy (non-hydrogen) atoms. The van der Waals surface area contributed by atoms with Gasteiger partial charge in [-0.3, -0.25) is 0 Å². The molecule has 0 aliphatic heterocycles. The molecule has 1 aliphatic carbocycles. The molecule has 1 aromatic rings. The van der Waals surface area contributed by atoms with Crippen LogP contribution in [-0.2, 0) is 6.42 Å². The van der Waals surface area contributed by atoms with Crippen LogP contribution in [0, 0.1) is 17.2 Å². The van der Waals surface area contributed by atoms with E-state index < -0.39 is 0 Å². The van der Waals surface area contributed by atoms with E-state index in [1.165, 1.54) is 38.2 Å². The van der Waals surface area contributed by atoms with Crippen molar-refractivity contribution in [3.05, 3.63) is 34.6 Å². The summed E-state index contributed by atoms with van der Waals surface area (Å²) in [7, 11) is 0. The highest BCUT2D eigenvalue weighted by molar-refractivity contribution is 6.31. The second-order valence-electron chi connectivity index (χ2n) is 6.68. The minimum atomic E-state index is -0.321. The summed E-state index contributed by atoms with van der Waals surface area (Å²) in [4.78, 5) is 0. The fourth-order valence-electron chi connectivity index (χ4n) is 3.61. The molecule has 0 amide bonds. The van der Waals surface area contributed by atoms with Crippen LogP contribution in [0.4, 0.5) is 4.39 Å². The van der Waals surface area contributed by atoms with Crippen LogP contribution in [0.3, 0.4) is 0 Å². The Hall–Kier alpha value is -0.600. The van der Waals surface area contributed by atoms with E-state index in [0.29, 0.717) is 6.54 Å². The van der Waals surface area contributed by atoms with E-state index in [4.69, 9.17) is 17.3 Å². The zero-order valence-corrected chi connectivity index (χ0v) is 13.8. The predicted molar refractivity (Wildman–Crippen MR) is 88.1 cm³/mol. The molecule has 118 valence electrons.